The zero-order chi connectivity index (χ0) is 19.3. The SMILES string of the molecule is CC(C)(C)NCCO[C@H]1OC(COc2ccc(O)cc2)[C@@H](O)[C@H](O)C1O. The third kappa shape index (κ3) is 6.08. The molecular formula is C18H29NO7. The van der Waals surface area contributed by atoms with E-state index in [1.165, 1.54) is 12.1 Å². The van der Waals surface area contributed by atoms with Gasteiger partial charge < -0.3 is 40.0 Å². The maximum Gasteiger partial charge on any atom is 0.186 e. The van der Waals surface area contributed by atoms with Crippen LogP contribution in [0.5, 0.6) is 11.5 Å². The second kappa shape index (κ2) is 8.98. The average molecular weight is 371 g/mol. The topological polar surface area (TPSA) is 121 Å². The summed E-state index contributed by atoms with van der Waals surface area (Å²) in [4.78, 5) is 0. The number of benzene rings is 1. The van der Waals surface area contributed by atoms with Crippen LogP contribution in [0.4, 0.5) is 0 Å². The summed E-state index contributed by atoms with van der Waals surface area (Å²) in [5.74, 6) is 0.591. The Kier molecular flexibility index (Phi) is 7.22. The van der Waals surface area contributed by atoms with Crippen molar-refractivity contribution in [3.05, 3.63) is 24.3 Å². The number of phenols is 1. The lowest BCUT2D eigenvalue weighted by atomic mass is 9.99. The van der Waals surface area contributed by atoms with Crippen molar-refractivity contribution >= 4 is 0 Å². The first-order valence-electron chi connectivity index (χ1n) is 8.65. The molecule has 1 aromatic carbocycles. The van der Waals surface area contributed by atoms with Crippen LogP contribution in [0.3, 0.4) is 0 Å². The Labute approximate surface area is 153 Å². The van der Waals surface area contributed by atoms with Crippen LogP contribution in [0.25, 0.3) is 0 Å². The van der Waals surface area contributed by atoms with E-state index in [9.17, 15) is 20.4 Å². The molecule has 2 rings (SSSR count). The molecule has 8 heteroatoms. The number of aliphatic hydroxyl groups excluding tert-OH is 3. The van der Waals surface area contributed by atoms with Crippen LogP contribution in [-0.4, -0.2) is 76.4 Å². The molecule has 2 unspecified atom stereocenters. The minimum Gasteiger partial charge on any atom is -0.508 e. The Morgan fingerprint density at radius 2 is 1.69 bits per heavy atom. The molecule has 0 spiro atoms. The minimum absolute atomic E-state index is 0.0458. The van der Waals surface area contributed by atoms with Crippen molar-refractivity contribution in [3.63, 3.8) is 0 Å². The fourth-order valence-corrected chi connectivity index (χ4v) is 2.51. The van der Waals surface area contributed by atoms with E-state index in [2.05, 4.69) is 5.32 Å². The first-order valence-corrected chi connectivity index (χ1v) is 8.65. The van der Waals surface area contributed by atoms with Gasteiger partial charge in [-0.05, 0) is 45.0 Å². The van der Waals surface area contributed by atoms with Gasteiger partial charge in [0, 0.05) is 12.1 Å². The summed E-state index contributed by atoms with van der Waals surface area (Å²) in [5.41, 5.74) is -0.0639. The van der Waals surface area contributed by atoms with Gasteiger partial charge >= 0.3 is 0 Å². The van der Waals surface area contributed by atoms with Crippen molar-refractivity contribution in [2.75, 3.05) is 19.8 Å². The molecule has 148 valence electrons. The molecule has 1 aliphatic heterocycles. The molecule has 1 fully saturated rings. The zero-order valence-electron chi connectivity index (χ0n) is 15.3. The van der Waals surface area contributed by atoms with E-state index in [4.69, 9.17) is 14.2 Å². The first-order chi connectivity index (χ1) is 12.2. The highest BCUT2D eigenvalue weighted by atomic mass is 16.7. The van der Waals surface area contributed by atoms with Gasteiger partial charge in [-0.1, -0.05) is 0 Å². The molecule has 0 amide bonds. The van der Waals surface area contributed by atoms with Crippen molar-refractivity contribution in [2.45, 2.75) is 57.0 Å². The Morgan fingerprint density at radius 3 is 2.31 bits per heavy atom. The van der Waals surface area contributed by atoms with Gasteiger partial charge in [-0.2, -0.15) is 0 Å². The van der Waals surface area contributed by atoms with Gasteiger partial charge in [0.1, 0.15) is 42.5 Å². The normalized spacial score (nSPS) is 29.5. The number of aliphatic hydroxyl groups is 3. The number of aromatic hydroxyl groups is 1. The predicted molar refractivity (Wildman–Crippen MR) is 94.0 cm³/mol. The summed E-state index contributed by atoms with van der Waals surface area (Å²) in [7, 11) is 0. The lowest BCUT2D eigenvalue weighted by Crippen LogP contribution is -2.59. The second-order valence-corrected chi connectivity index (χ2v) is 7.37. The van der Waals surface area contributed by atoms with Crippen molar-refractivity contribution in [2.24, 2.45) is 0 Å². The third-order valence-electron chi connectivity index (χ3n) is 3.96. The monoisotopic (exact) mass is 371 g/mol. The van der Waals surface area contributed by atoms with E-state index in [1.54, 1.807) is 12.1 Å². The van der Waals surface area contributed by atoms with Gasteiger partial charge in [-0.3, -0.25) is 0 Å². The van der Waals surface area contributed by atoms with E-state index >= 15 is 0 Å². The fourth-order valence-electron chi connectivity index (χ4n) is 2.51. The number of hydrogen-bond acceptors (Lipinski definition) is 8. The van der Waals surface area contributed by atoms with Gasteiger partial charge in [0.05, 0.1) is 6.61 Å². The van der Waals surface area contributed by atoms with Gasteiger partial charge in [-0.15, -0.1) is 0 Å². The van der Waals surface area contributed by atoms with Gasteiger partial charge in [0.2, 0.25) is 0 Å². The molecule has 0 bridgehead atoms. The van der Waals surface area contributed by atoms with Crippen LogP contribution < -0.4 is 10.1 Å². The predicted octanol–water partition coefficient (Wildman–Crippen LogP) is -0.0167. The minimum atomic E-state index is -1.40. The number of nitrogens with one attached hydrogen (secondary N) is 1. The van der Waals surface area contributed by atoms with Crippen molar-refractivity contribution < 1.29 is 34.6 Å². The summed E-state index contributed by atoms with van der Waals surface area (Å²) in [6.07, 6.45) is -6.01. The summed E-state index contributed by atoms with van der Waals surface area (Å²) >= 11 is 0. The first kappa shape index (κ1) is 20.9. The standard InChI is InChI=1S/C18H29NO7/c1-18(2,3)19-8-9-24-17-16(23)15(22)14(21)13(26-17)10-25-12-6-4-11(20)5-7-12/h4-7,13-17,19-23H,8-10H2,1-3H3/t13?,14-,15+,16?,17+/m1/s1. The smallest absolute Gasteiger partial charge is 0.186 e. The highest BCUT2D eigenvalue weighted by molar-refractivity contribution is 5.30. The molecule has 26 heavy (non-hydrogen) atoms. The van der Waals surface area contributed by atoms with E-state index in [0.29, 0.717) is 12.3 Å². The van der Waals surface area contributed by atoms with E-state index in [1.807, 2.05) is 20.8 Å². The summed E-state index contributed by atoms with van der Waals surface area (Å²) in [6.45, 7) is 6.84. The fraction of sp³-hybridized carbons (Fsp3) is 0.667. The molecule has 5 atom stereocenters. The molecule has 0 radical (unpaired) electrons. The van der Waals surface area contributed by atoms with Crippen LogP contribution in [0, 0.1) is 0 Å². The molecule has 1 aromatic rings. The average Bonchev–Trinajstić information content (AvgIpc) is 2.58. The highest BCUT2D eigenvalue weighted by Gasteiger charge is 2.44. The van der Waals surface area contributed by atoms with Crippen molar-refractivity contribution in [1.29, 1.82) is 0 Å². The largest absolute Gasteiger partial charge is 0.508 e. The lowest BCUT2D eigenvalue weighted by molar-refractivity contribution is -0.299. The Hall–Kier alpha value is -1.42. The summed E-state index contributed by atoms with van der Waals surface area (Å²) in [5, 5.41) is 42.7. The van der Waals surface area contributed by atoms with Gasteiger partial charge in [0.15, 0.2) is 6.29 Å². The van der Waals surface area contributed by atoms with Crippen LogP contribution >= 0.6 is 0 Å². The van der Waals surface area contributed by atoms with Crippen LogP contribution in [0.1, 0.15) is 20.8 Å². The number of phenolic OH excluding ortho intramolecular Hbond substituents is 1. The number of hydrogen-bond donors (Lipinski definition) is 5. The molecule has 0 aromatic heterocycles. The molecule has 0 aliphatic carbocycles. The maximum atomic E-state index is 10.1. The molecule has 5 N–H and O–H groups in total. The van der Waals surface area contributed by atoms with Crippen LogP contribution in [-0.2, 0) is 9.47 Å². The van der Waals surface area contributed by atoms with Crippen LogP contribution in [0.2, 0.25) is 0 Å². The molecule has 1 saturated heterocycles. The Morgan fingerprint density at radius 1 is 1.04 bits per heavy atom. The summed E-state index contributed by atoms with van der Waals surface area (Å²) < 4.78 is 16.6. The molecule has 1 heterocycles. The highest BCUT2D eigenvalue weighted by Crippen LogP contribution is 2.23. The van der Waals surface area contributed by atoms with E-state index in [-0.39, 0.29) is 24.5 Å². The Bertz CT molecular complexity index is 545. The van der Waals surface area contributed by atoms with Gasteiger partial charge in [-0.25, -0.2) is 0 Å². The third-order valence-corrected chi connectivity index (χ3v) is 3.96. The molecule has 0 saturated carbocycles. The van der Waals surface area contributed by atoms with E-state index in [0.717, 1.165) is 0 Å². The number of ether oxygens (including phenoxy) is 3. The quantitative estimate of drug-likeness (QED) is 0.424. The van der Waals surface area contributed by atoms with Crippen LogP contribution in [0.15, 0.2) is 24.3 Å². The number of rotatable bonds is 7. The second-order valence-electron chi connectivity index (χ2n) is 7.37. The summed E-state index contributed by atoms with van der Waals surface area (Å²) in [6, 6.07) is 6.09. The molecule has 1 aliphatic rings. The Balaban J connectivity index is 1.87. The van der Waals surface area contributed by atoms with E-state index < -0.39 is 30.7 Å². The van der Waals surface area contributed by atoms with Crippen molar-refractivity contribution in [3.8, 4) is 11.5 Å². The maximum absolute atomic E-state index is 10.1. The lowest BCUT2D eigenvalue weighted by Gasteiger charge is -2.40. The zero-order valence-corrected chi connectivity index (χ0v) is 15.3. The molecular weight excluding hydrogens is 342 g/mol. The van der Waals surface area contributed by atoms with Crippen molar-refractivity contribution in [1.82, 2.24) is 5.32 Å². The molecule has 8 nitrogen and oxygen atoms in total. The van der Waals surface area contributed by atoms with Gasteiger partial charge in [0.25, 0.3) is 0 Å².